The van der Waals surface area contributed by atoms with E-state index in [1.165, 1.54) is 12.1 Å². The van der Waals surface area contributed by atoms with Crippen molar-refractivity contribution in [2.75, 3.05) is 0 Å². The maximum Gasteiger partial charge on any atom is 0.226 e. The van der Waals surface area contributed by atoms with Gasteiger partial charge in [0.15, 0.2) is 6.29 Å². The first-order chi connectivity index (χ1) is 11.5. The summed E-state index contributed by atoms with van der Waals surface area (Å²) < 4.78 is 0. The quantitative estimate of drug-likeness (QED) is 0.246. The van der Waals surface area contributed by atoms with Gasteiger partial charge in [0.2, 0.25) is 5.78 Å². The van der Waals surface area contributed by atoms with Crippen molar-refractivity contribution in [1.29, 1.82) is 0 Å². The van der Waals surface area contributed by atoms with Gasteiger partial charge >= 0.3 is 0 Å². The Hall–Kier alpha value is -2.59. The fraction of sp³-hybridized carbons (Fsp3) is 0.158. The molecule has 0 fully saturated rings. The average molecular weight is 343 g/mol. The Balaban J connectivity index is 2.64. The molecule has 4 nitrogen and oxygen atoms in total. The monoisotopic (exact) mass is 342 g/mol. The van der Waals surface area contributed by atoms with Crippen LogP contribution >= 0.6 is 11.6 Å². The maximum absolute atomic E-state index is 12.3. The number of ketones is 1. The van der Waals surface area contributed by atoms with Gasteiger partial charge in [-0.1, -0.05) is 6.92 Å². The molecule has 0 radical (unpaired) electrons. The molecule has 0 unspecified atom stereocenters. The largest absolute Gasteiger partial charge is 0.508 e. The lowest BCUT2D eigenvalue weighted by Gasteiger charge is -2.14. The van der Waals surface area contributed by atoms with Crippen LogP contribution in [0.4, 0.5) is 0 Å². The van der Waals surface area contributed by atoms with Crippen LogP contribution in [0.2, 0.25) is 0 Å². The van der Waals surface area contributed by atoms with E-state index in [9.17, 15) is 19.8 Å². The molecule has 0 saturated carbocycles. The van der Waals surface area contributed by atoms with E-state index in [1.807, 2.05) is 13.0 Å². The van der Waals surface area contributed by atoms with Crippen molar-refractivity contribution < 1.29 is 19.8 Å². The molecule has 0 aliphatic rings. The zero-order valence-corrected chi connectivity index (χ0v) is 13.7. The zero-order chi connectivity index (χ0) is 17.4. The number of aryl methyl sites for hydroxylation is 1. The number of Topliss-reactive ketones (excluding diaryl/α,β-unsaturated/α-hetero) is 1. The number of rotatable bonds is 4. The maximum atomic E-state index is 12.3. The van der Waals surface area contributed by atoms with Gasteiger partial charge in [-0.15, -0.1) is 11.6 Å². The normalized spacial score (nSPS) is 11.1. The summed E-state index contributed by atoms with van der Waals surface area (Å²) in [6, 6.07) is 7.99. The summed E-state index contributed by atoms with van der Waals surface area (Å²) in [6.45, 7) is 1.94. The summed E-state index contributed by atoms with van der Waals surface area (Å²) in [5, 5.41) is 22.3. The number of aromatic hydroxyl groups is 2. The van der Waals surface area contributed by atoms with E-state index >= 15 is 0 Å². The SMILES string of the molecule is CCc1cc(O)cc2c(C(=O)C=O)c3cc(O)cc(CCl)c3cc12. The van der Waals surface area contributed by atoms with Crippen LogP contribution in [0.25, 0.3) is 21.5 Å². The summed E-state index contributed by atoms with van der Waals surface area (Å²) in [5.41, 5.74) is 1.70. The number of carbonyl (C=O) groups is 2. The van der Waals surface area contributed by atoms with Gasteiger partial charge in [-0.05, 0) is 69.4 Å². The average Bonchev–Trinajstić information content (AvgIpc) is 2.57. The minimum atomic E-state index is -0.704. The van der Waals surface area contributed by atoms with E-state index in [4.69, 9.17) is 11.6 Å². The van der Waals surface area contributed by atoms with Crippen molar-refractivity contribution in [2.45, 2.75) is 19.2 Å². The van der Waals surface area contributed by atoms with E-state index < -0.39 is 5.78 Å². The smallest absolute Gasteiger partial charge is 0.226 e. The first kappa shape index (κ1) is 16.3. The molecule has 0 aliphatic heterocycles. The van der Waals surface area contributed by atoms with Crippen molar-refractivity contribution >= 4 is 45.2 Å². The van der Waals surface area contributed by atoms with Crippen molar-refractivity contribution in [1.82, 2.24) is 0 Å². The molecule has 0 heterocycles. The third kappa shape index (κ3) is 2.49. The van der Waals surface area contributed by atoms with E-state index in [0.717, 1.165) is 10.9 Å². The van der Waals surface area contributed by atoms with Crippen LogP contribution in [-0.2, 0) is 17.1 Å². The lowest BCUT2D eigenvalue weighted by atomic mass is 9.89. The van der Waals surface area contributed by atoms with Crippen LogP contribution in [0, 0.1) is 0 Å². The Bertz CT molecular complexity index is 924. The molecule has 0 amide bonds. The predicted octanol–water partition coefficient (Wildman–Crippen LogP) is 4.09. The molecule has 0 atom stereocenters. The second-order valence-corrected chi connectivity index (χ2v) is 5.89. The number of carbonyl (C=O) groups excluding carboxylic acids is 2. The highest BCUT2D eigenvalue weighted by Gasteiger charge is 2.19. The van der Waals surface area contributed by atoms with Crippen LogP contribution < -0.4 is 0 Å². The van der Waals surface area contributed by atoms with E-state index in [0.29, 0.717) is 28.1 Å². The summed E-state index contributed by atoms with van der Waals surface area (Å²) in [7, 11) is 0. The van der Waals surface area contributed by atoms with E-state index in [1.54, 1.807) is 12.1 Å². The zero-order valence-electron chi connectivity index (χ0n) is 13.0. The number of benzene rings is 3. The van der Waals surface area contributed by atoms with Crippen LogP contribution in [0.1, 0.15) is 28.4 Å². The fourth-order valence-electron chi connectivity index (χ4n) is 3.16. The molecule has 0 bridgehead atoms. The number of phenols is 2. The molecule has 2 N–H and O–H groups in total. The van der Waals surface area contributed by atoms with E-state index in [2.05, 4.69) is 0 Å². The first-order valence-corrected chi connectivity index (χ1v) is 8.03. The molecular formula is C19H15ClO4. The number of halogens is 1. The van der Waals surface area contributed by atoms with Crippen LogP contribution in [-0.4, -0.2) is 22.3 Å². The summed E-state index contributed by atoms with van der Waals surface area (Å²) >= 11 is 5.99. The van der Waals surface area contributed by atoms with Gasteiger partial charge in [0.1, 0.15) is 11.5 Å². The highest BCUT2D eigenvalue weighted by atomic mass is 35.5. The van der Waals surface area contributed by atoms with Gasteiger partial charge in [-0.2, -0.15) is 0 Å². The molecule has 0 aromatic heterocycles. The Morgan fingerprint density at radius 3 is 2.00 bits per heavy atom. The molecule has 3 aromatic carbocycles. The van der Waals surface area contributed by atoms with Crippen molar-refractivity contribution in [2.24, 2.45) is 0 Å². The Morgan fingerprint density at radius 2 is 1.50 bits per heavy atom. The molecule has 0 spiro atoms. The first-order valence-electron chi connectivity index (χ1n) is 7.49. The number of aldehydes is 1. The van der Waals surface area contributed by atoms with Crippen LogP contribution in [0.15, 0.2) is 30.3 Å². The topological polar surface area (TPSA) is 74.6 Å². The lowest BCUT2D eigenvalue weighted by Crippen LogP contribution is -2.04. The standard InChI is InChI=1S/C19H15ClO4/c1-2-10-3-12(22)5-16-14(10)7-15-11(8-20)4-13(23)6-17(15)19(16)18(24)9-21/h3-7,9,22-23H,2,8H2,1H3. The third-order valence-corrected chi connectivity index (χ3v) is 4.49. The van der Waals surface area contributed by atoms with Gasteiger partial charge in [-0.3, -0.25) is 9.59 Å². The Morgan fingerprint density at radius 1 is 0.958 bits per heavy atom. The second kappa shape index (κ2) is 6.13. The number of phenolic OH excluding ortho intramolecular Hbond substituents is 2. The highest BCUT2D eigenvalue weighted by molar-refractivity contribution is 6.40. The minimum absolute atomic E-state index is 0.0244. The van der Waals surface area contributed by atoms with Gasteiger partial charge in [0.05, 0.1) is 0 Å². The van der Waals surface area contributed by atoms with E-state index in [-0.39, 0.29) is 29.2 Å². The van der Waals surface area contributed by atoms with Crippen LogP contribution in [0.5, 0.6) is 11.5 Å². The molecule has 3 aromatic rings. The summed E-state index contributed by atoms with van der Waals surface area (Å²) in [4.78, 5) is 23.5. The predicted molar refractivity (Wildman–Crippen MR) is 94.1 cm³/mol. The Kier molecular flexibility index (Phi) is 4.16. The summed E-state index contributed by atoms with van der Waals surface area (Å²) in [6.07, 6.45) is 0.897. The van der Waals surface area contributed by atoms with Gasteiger partial charge < -0.3 is 10.2 Å². The second-order valence-electron chi connectivity index (χ2n) is 5.62. The number of hydrogen-bond donors (Lipinski definition) is 2. The summed E-state index contributed by atoms with van der Waals surface area (Å²) in [5.74, 6) is -0.556. The minimum Gasteiger partial charge on any atom is -0.508 e. The molecular weight excluding hydrogens is 328 g/mol. The number of alkyl halides is 1. The van der Waals surface area contributed by atoms with Gasteiger partial charge in [-0.25, -0.2) is 0 Å². The van der Waals surface area contributed by atoms with Gasteiger partial charge in [0.25, 0.3) is 0 Å². The fourth-order valence-corrected chi connectivity index (χ4v) is 3.39. The number of hydrogen-bond acceptors (Lipinski definition) is 4. The molecule has 5 heteroatoms. The molecule has 122 valence electrons. The Labute approximate surface area is 143 Å². The van der Waals surface area contributed by atoms with Crippen molar-refractivity contribution in [3.05, 3.63) is 47.0 Å². The molecule has 3 rings (SSSR count). The third-order valence-electron chi connectivity index (χ3n) is 4.21. The molecule has 24 heavy (non-hydrogen) atoms. The lowest BCUT2D eigenvalue weighted by molar-refractivity contribution is -0.104. The van der Waals surface area contributed by atoms with Gasteiger partial charge in [0, 0.05) is 11.4 Å². The van der Waals surface area contributed by atoms with Crippen molar-refractivity contribution in [3.63, 3.8) is 0 Å². The van der Waals surface area contributed by atoms with Crippen molar-refractivity contribution in [3.8, 4) is 11.5 Å². The number of fused-ring (bicyclic) bond motifs is 2. The molecule has 0 aliphatic carbocycles. The molecule has 0 saturated heterocycles. The van der Waals surface area contributed by atoms with Crippen LogP contribution in [0.3, 0.4) is 0 Å². The highest BCUT2D eigenvalue weighted by Crippen LogP contribution is 2.37.